The molecule has 0 unspecified atom stereocenters. The third-order valence-electron chi connectivity index (χ3n) is 4.66. The SMILES string of the molecule is CCCCCCCCCCC(=O)OCC1=C[C@@H](O)[C@H](n2ccc(N)nc2=O)O1. The molecule has 156 valence electrons. The molecular formula is C20H31N3O5. The van der Waals surface area contributed by atoms with Crippen molar-refractivity contribution >= 4 is 11.8 Å². The van der Waals surface area contributed by atoms with Gasteiger partial charge in [0.25, 0.3) is 0 Å². The molecule has 2 atom stereocenters. The Balaban J connectivity index is 1.64. The zero-order valence-electron chi connectivity index (χ0n) is 16.5. The summed E-state index contributed by atoms with van der Waals surface area (Å²) in [5.41, 5.74) is 4.84. The summed E-state index contributed by atoms with van der Waals surface area (Å²) in [5, 5.41) is 10.1. The van der Waals surface area contributed by atoms with Crippen molar-refractivity contribution in [2.45, 2.75) is 77.0 Å². The normalized spacial score (nSPS) is 18.6. The molecular weight excluding hydrogens is 362 g/mol. The van der Waals surface area contributed by atoms with Crippen molar-refractivity contribution in [2.24, 2.45) is 0 Å². The Morgan fingerprint density at radius 3 is 2.61 bits per heavy atom. The van der Waals surface area contributed by atoms with Gasteiger partial charge in [-0.2, -0.15) is 4.98 Å². The number of nitrogens with two attached hydrogens (primary N) is 1. The Morgan fingerprint density at radius 2 is 1.93 bits per heavy atom. The number of ether oxygens (including phenoxy) is 2. The maximum Gasteiger partial charge on any atom is 0.352 e. The average Bonchev–Trinajstić information content (AvgIpc) is 3.02. The molecule has 1 aromatic rings. The quantitative estimate of drug-likeness (QED) is 0.414. The van der Waals surface area contributed by atoms with E-state index in [9.17, 15) is 14.7 Å². The summed E-state index contributed by atoms with van der Waals surface area (Å²) in [7, 11) is 0. The fourth-order valence-electron chi connectivity index (χ4n) is 3.09. The molecule has 0 amide bonds. The van der Waals surface area contributed by atoms with Gasteiger partial charge in [-0.25, -0.2) is 4.79 Å². The highest BCUT2D eigenvalue weighted by atomic mass is 16.6. The first-order valence-corrected chi connectivity index (χ1v) is 10.1. The van der Waals surface area contributed by atoms with Gasteiger partial charge in [0.15, 0.2) is 0 Å². The van der Waals surface area contributed by atoms with Gasteiger partial charge in [0.05, 0.1) is 0 Å². The minimum Gasteiger partial charge on any atom is -0.468 e. The lowest BCUT2D eigenvalue weighted by Crippen LogP contribution is -2.32. The van der Waals surface area contributed by atoms with Gasteiger partial charge in [-0.1, -0.05) is 51.9 Å². The molecule has 1 aliphatic heterocycles. The van der Waals surface area contributed by atoms with Crippen LogP contribution in [-0.2, 0) is 14.3 Å². The Hall–Kier alpha value is -2.35. The fraction of sp³-hybridized carbons (Fsp3) is 0.650. The molecule has 2 heterocycles. The number of anilines is 1. The summed E-state index contributed by atoms with van der Waals surface area (Å²) in [6, 6.07) is 1.44. The summed E-state index contributed by atoms with van der Waals surface area (Å²) in [6.45, 7) is 2.13. The van der Waals surface area contributed by atoms with E-state index >= 15 is 0 Å². The number of aliphatic hydroxyl groups is 1. The zero-order valence-corrected chi connectivity index (χ0v) is 16.5. The van der Waals surface area contributed by atoms with Crippen LogP contribution >= 0.6 is 0 Å². The summed E-state index contributed by atoms with van der Waals surface area (Å²) in [6.07, 6.45) is 10.5. The van der Waals surface area contributed by atoms with Crippen LogP contribution in [0.4, 0.5) is 5.82 Å². The lowest BCUT2D eigenvalue weighted by molar-refractivity contribution is -0.144. The predicted molar refractivity (Wildman–Crippen MR) is 105 cm³/mol. The van der Waals surface area contributed by atoms with E-state index in [1.807, 2.05) is 0 Å². The van der Waals surface area contributed by atoms with E-state index in [-0.39, 0.29) is 18.4 Å². The molecule has 0 aromatic carbocycles. The largest absolute Gasteiger partial charge is 0.468 e. The maximum atomic E-state index is 11.9. The van der Waals surface area contributed by atoms with Gasteiger partial charge in [-0.3, -0.25) is 9.36 Å². The predicted octanol–water partition coefficient (Wildman–Crippen LogP) is 2.67. The van der Waals surface area contributed by atoms with E-state index in [4.69, 9.17) is 15.2 Å². The first-order chi connectivity index (χ1) is 13.5. The van der Waals surface area contributed by atoms with E-state index in [0.717, 1.165) is 23.8 Å². The minimum absolute atomic E-state index is 0.0689. The average molecular weight is 393 g/mol. The smallest absolute Gasteiger partial charge is 0.352 e. The van der Waals surface area contributed by atoms with Crippen LogP contribution in [0.3, 0.4) is 0 Å². The highest BCUT2D eigenvalue weighted by Gasteiger charge is 2.30. The van der Waals surface area contributed by atoms with Crippen LogP contribution in [0.2, 0.25) is 0 Å². The van der Waals surface area contributed by atoms with Crippen LogP contribution in [0.5, 0.6) is 0 Å². The topological polar surface area (TPSA) is 117 Å². The number of carbonyl (C=O) groups is 1. The molecule has 1 aromatic heterocycles. The molecule has 0 fully saturated rings. The molecule has 8 nitrogen and oxygen atoms in total. The van der Waals surface area contributed by atoms with Crippen molar-refractivity contribution < 1.29 is 19.4 Å². The Labute approximate surface area is 165 Å². The second-order valence-corrected chi connectivity index (χ2v) is 7.06. The van der Waals surface area contributed by atoms with Crippen LogP contribution in [0.1, 0.15) is 70.9 Å². The van der Waals surface area contributed by atoms with Crippen molar-refractivity contribution in [2.75, 3.05) is 12.3 Å². The van der Waals surface area contributed by atoms with E-state index in [0.29, 0.717) is 12.2 Å². The number of nitrogen functional groups attached to an aromatic ring is 1. The molecule has 3 N–H and O–H groups in total. The van der Waals surface area contributed by atoms with Gasteiger partial charge >= 0.3 is 11.7 Å². The third-order valence-corrected chi connectivity index (χ3v) is 4.66. The number of carbonyl (C=O) groups excluding carboxylic acids is 1. The molecule has 0 saturated carbocycles. The van der Waals surface area contributed by atoms with E-state index < -0.39 is 18.0 Å². The summed E-state index contributed by atoms with van der Waals surface area (Å²) in [4.78, 5) is 27.3. The molecule has 0 radical (unpaired) electrons. The lowest BCUT2D eigenvalue weighted by atomic mass is 10.1. The Bertz CT molecular complexity index is 716. The second-order valence-electron chi connectivity index (χ2n) is 7.06. The van der Waals surface area contributed by atoms with Gasteiger partial charge in [-0.05, 0) is 18.6 Å². The molecule has 28 heavy (non-hydrogen) atoms. The molecule has 0 saturated heterocycles. The number of unbranched alkanes of at least 4 members (excludes halogenated alkanes) is 7. The van der Waals surface area contributed by atoms with E-state index in [1.54, 1.807) is 0 Å². The molecule has 8 heteroatoms. The van der Waals surface area contributed by atoms with Gasteiger partial charge < -0.3 is 20.3 Å². The first-order valence-electron chi connectivity index (χ1n) is 10.1. The first kappa shape index (κ1) is 21.9. The zero-order chi connectivity index (χ0) is 20.4. The number of esters is 1. The third kappa shape index (κ3) is 6.99. The van der Waals surface area contributed by atoms with Gasteiger partial charge in [0.2, 0.25) is 6.23 Å². The monoisotopic (exact) mass is 393 g/mol. The highest BCUT2D eigenvalue weighted by molar-refractivity contribution is 5.69. The minimum atomic E-state index is -1.04. The molecule has 0 aliphatic carbocycles. The summed E-state index contributed by atoms with van der Waals surface area (Å²) in [5.74, 6) is 0.113. The number of rotatable bonds is 12. The van der Waals surface area contributed by atoms with Crippen molar-refractivity contribution in [3.05, 3.63) is 34.6 Å². The van der Waals surface area contributed by atoms with Crippen LogP contribution < -0.4 is 11.4 Å². The summed E-state index contributed by atoms with van der Waals surface area (Å²) >= 11 is 0. The van der Waals surface area contributed by atoms with Crippen molar-refractivity contribution in [1.29, 1.82) is 0 Å². The number of nitrogens with zero attached hydrogens (tertiary/aromatic N) is 2. The number of aliphatic hydroxyl groups excluding tert-OH is 1. The fourth-order valence-corrected chi connectivity index (χ4v) is 3.09. The van der Waals surface area contributed by atoms with Gasteiger partial charge in [0.1, 0.15) is 24.3 Å². The van der Waals surface area contributed by atoms with E-state index in [1.165, 1.54) is 50.4 Å². The van der Waals surface area contributed by atoms with Crippen molar-refractivity contribution in [3.63, 3.8) is 0 Å². The lowest BCUT2D eigenvalue weighted by Gasteiger charge is -2.18. The molecule has 1 aliphatic rings. The Morgan fingerprint density at radius 1 is 1.25 bits per heavy atom. The highest BCUT2D eigenvalue weighted by Crippen LogP contribution is 2.25. The van der Waals surface area contributed by atoms with Crippen LogP contribution in [0.25, 0.3) is 0 Å². The number of hydrogen-bond donors (Lipinski definition) is 2. The van der Waals surface area contributed by atoms with E-state index in [2.05, 4.69) is 11.9 Å². The standard InChI is InChI=1S/C20H31N3O5/c1-2-3-4-5-6-7-8-9-10-18(25)27-14-15-13-16(24)19(28-15)23-12-11-17(21)22-20(23)26/h11-13,16,19,24H,2-10,14H2,1H3,(H2,21,22,26)/t16-,19-/m1/s1. The van der Waals surface area contributed by atoms with Gasteiger partial charge in [-0.15, -0.1) is 0 Å². The maximum absolute atomic E-state index is 11.9. The Kier molecular flexibility index (Phi) is 9.00. The van der Waals surface area contributed by atoms with Crippen LogP contribution in [-0.4, -0.2) is 33.3 Å². The van der Waals surface area contributed by atoms with Crippen LogP contribution in [0, 0.1) is 0 Å². The summed E-state index contributed by atoms with van der Waals surface area (Å²) < 4.78 is 11.9. The number of hydrogen-bond acceptors (Lipinski definition) is 7. The van der Waals surface area contributed by atoms with Gasteiger partial charge in [0, 0.05) is 12.6 Å². The van der Waals surface area contributed by atoms with Crippen molar-refractivity contribution in [3.8, 4) is 0 Å². The molecule has 0 bridgehead atoms. The van der Waals surface area contributed by atoms with Crippen molar-refractivity contribution in [1.82, 2.24) is 9.55 Å². The number of aromatic nitrogens is 2. The van der Waals surface area contributed by atoms with Crippen LogP contribution in [0.15, 0.2) is 28.9 Å². The molecule has 0 spiro atoms. The molecule has 2 rings (SSSR count). The second kappa shape index (κ2) is 11.5.